The van der Waals surface area contributed by atoms with E-state index >= 15 is 0 Å². The van der Waals surface area contributed by atoms with Gasteiger partial charge in [-0.25, -0.2) is 12.1 Å². The van der Waals surface area contributed by atoms with Crippen LogP contribution in [0.25, 0.3) is 0 Å². The van der Waals surface area contributed by atoms with Gasteiger partial charge in [0.1, 0.15) is 0 Å². The fourth-order valence-corrected chi connectivity index (χ4v) is 1.63. The molecule has 0 heterocycles. The zero-order valence-corrected chi connectivity index (χ0v) is 12.5. The molecule has 0 spiro atoms. The molecular weight excluding hydrogens is 304 g/mol. The van der Waals surface area contributed by atoms with Crippen LogP contribution in [0.3, 0.4) is 0 Å². The molecular formula is C17H17FeN2O-. The van der Waals surface area contributed by atoms with E-state index in [0.29, 0.717) is 5.69 Å². The van der Waals surface area contributed by atoms with Gasteiger partial charge in [0.2, 0.25) is 0 Å². The van der Waals surface area contributed by atoms with E-state index in [-0.39, 0.29) is 23.0 Å². The molecule has 0 bridgehead atoms. The number of benzene rings is 1. The number of nitrogens with two attached hydrogens (primary N) is 1. The van der Waals surface area contributed by atoms with Crippen molar-refractivity contribution in [2.75, 3.05) is 11.1 Å². The van der Waals surface area contributed by atoms with Crippen molar-refractivity contribution in [2.45, 2.75) is 0 Å². The van der Waals surface area contributed by atoms with Crippen LogP contribution >= 0.6 is 0 Å². The molecule has 2 aromatic rings. The van der Waals surface area contributed by atoms with Crippen LogP contribution in [0.2, 0.25) is 0 Å². The van der Waals surface area contributed by atoms with E-state index in [1.807, 2.05) is 66.8 Å². The van der Waals surface area contributed by atoms with Crippen molar-refractivity contribution in [2.24, 2.45) is 0 Å². The number of nitrogen functional groups attached to an aromatic ring is 1. The fourth-order valence-electron chi connectivity index (χ4n) is 1.63. The van der Waals surface area contributed by atoms with Crippen LogP contribution in [0.5, 0.6) is 0 Å². The molecule has 0 atom stereocenters. The van der Waals surface area contributed by atoms with Gasteiger partial charge in [0.15, 0.2) is 5.88 Å². The van der Waals surface area contributed by atoms with Crippen LogP contribution in [0, 0.1) is 0 Å². The first-order valence-electron chi connectivity index (χ1n) is 6.33. The zero-order valence-electron chi connectivity index (χ0n) is 11.4. The van der Waals surface area contributed by atoms with E-state index in [2.05, 4.69) is 5.32 Å². The van der Waals surface area contributed by atoms with Crippen LogP contribution in [-0.4, -0.2) is 5.11 Å². The van der Waals surface area contributed by atoms with Crippen LogP contribution in [-0.2, 0) is 17.1 Å². The monoisotopic (exact) mass is 321 g/mol. The van der Waals surface area contributed by atoms with Gasteiger partial charge in [-0.1, -0.05) is 12.2 Å². The van der Waals surface area contributed by atoms with Gasteiger partial charge in [-0.15, -0.1) is 0 Å². The average Bonchev–Trinajstić information content (AvgIpc) is 3.17. The number of allylic oxidation sites excluding steroid dienone is 5. The van der Waals surface area contributed by atoms with Gasteiger partial charge >= 0.3 is 0 Å². The number of aliphatic hydroxyl groups excluding tert-OH is 1. The summed E-state index contributed by atoms with van der Waals surface area (Å²) < 4.78 is 0. The maximum absolute atomic E-state index is 9.71. The zero-order chi connectivity index (χ0) is 14.2. The molecule has 1 aliphatic carbocycles. The summed E-state index contributed by atoms with van der Waals surface area (Å²) in [4.78, 5) is 0. The second-order valence-electron chi connectivity index (χ2n) is 4.23. The van der Waals surface area contributed by atoms with Crippen LogP contribution in [0.15, 0.2) is 90.4 Å². The number of hydrogen-bond acceptors (Lipinski definition) is 3. The Morgan fingerprint density at radius 1 is 1.00 bits per heavy atom. The van der Waals surface area contributed by atoms with Gasteiger partial charge in [-0.05, 0) is 36.4 Å². The van der Waals surface area contributed by atoms with Crippen molar-refractivity contribution in [1.82, 2.24) is 0 Å². The first-order valence-corrected chi connectivity index (χ1v) is 6.33. The molecule has 110 valence electrons. The minimum Gasteiger partial charge on any atom is -0.494 e. The van der Waals surface area contributed by atoms with Crippen molar-refractivity contribution in [3.8, 4) is 0 Å². The van der Waals surface area contributed by atoms with Crippen molar-refractivity contribution >= 4 is 11.4 Å². The molecule has 0 amide bonds. The summed E-state index contributed by atoms with van der Waals surface area (Å²) in [6.07, 6.45) is 7.41. The second-order valence-corrected chi connectivity index (χ2v) is 4.23. The molecule has 0 saturated heterocycles. The van der Waals surface area contributed by atoms with Gasteiger partial charge in [-0.3, -0.25) is 0 Å². The standard InChI is InChI=1S/C12H12N2O.C5H5.Fe/c13-10-5-7-11(8-6-10)14-12(15)9-3-1-2-4-9;1-2-4-5-3-1;/h1-8,14-15H,13H2;1-5H;/q;-1;. The Kier molecular flexibility index (Phi) is 7.02. The normalized spacial score (nSPS) is 11.3. The van der Waals surface area contributed by atoms with Crippen molar-refractivity contribution in [3.05, 3.63) is 90.4 Å². The average molecular weight is 321 g/mol. The number of anilines is 2. The summed E-state index contributed by atoms with van der Waals surface area (Å²) in [5, 5.41) is 12.6. The van der Waals surface area contributed by atoms with Crippen LogP contribution in [0.4, 0.5) is 11.4 Å². The van der Waals surface area contributed by atoms with Gasteiger partial charge < -0.3 is 16.2 Å². The molecule has 4 N–H and O–H groups in total. The summed E-state index contributed by atoms with van der Waals surface area (Å²) in [5.41, 5.74) is 7.84. The Balaban J connectivity index is 0.000000313. The largest absolute Gasteiger partial charge is 0.494 e. The minimum absolute atomic E-state index is 0. The van der Waals surface area contributed by atoms with Gasteiger partial charge in [-0.2, -0.15) is 18.2 Å². The SMILES string of the molecule is Nc1ccc(NC(O)=C2C=CC=C2)cc1.[Fe].c1cc[cH-]c1. The van der Waals surface area contributed by atoms with E-state index in [0.717, 1.165) is 11.3 Å². The number of nitrogens with one attached hydrogen (secondary N) is 1. The molecule has 3 nitrogen and oxygen atoms in total. The minimum atomic E-state index is 0. The van der Waals surface area contributed by atoms with E-state index in [1.54, 1.807) is 12.1 Å². The van der Waals surface area contributed by atoms with Crippen molar-refractivity contribution < 1.29 is 22.2 Å². The van der Waals surface area contributed by atoms with Crippen molar-refractivity contribution in [1.29, 1.82) is 0 Å². The number of aliphatic hydroxyl groups is 1. The molecule has 0 fully saturated rings. The third-order valence-corrected chi connectivity index (χ3v) is 2.67. The molecule has 3 rings (SSSR count). The van der Waals surface area contributed by atoms with E-state index < -0.39 is 0 Å². The van der Waals surface area contributed by atoms with E-state index in [9.17, 15) is 5.11 Å². The first kappa shape index (κ1) is 16.8. The molecule has 0 aromatic heterocycles. The Morgan fingerprint density at radius 3 is 2.05 bits per heavy atom. The summed E-state index contributed by atoms with van der Waals surface area (Å²) in [6, 6.07) is 17.2. The molecule has 4 heteroatoms. The Hall–Kier alpha value is -2.29. The summed E-state index contributed by atoms with van der Waals surface area (Å²) >= 11 is 0. The summed E-state index contributed by atoms with van der Waals surface area (Å²) in [5.74, 6) is 0.143. The summed E-state index contributed by atoms with van der Waals surface area (Å²) in [7, 11) is 0. The Morgan fingerprint density at radius 2 is 1.57 bits per heavy atom. The van der Waals surface area contributed by atoms with Gasteiger partial charge in [0, 0.05) is 34.0 Å². The quantitative estimate of drug-likeness (QED) is 0.339. The summed E-state index contributed by atoms with van der Waals surface area (Å²) in [6.45, 7) is 0. The number of rotatable bonds is 2. The smallest absolute Gasteiger partial charge is 0.196 e. The predicted molar refractivity (Wildman–Crippen MR) is 84.4 cm³/mol. The van der Waals surface area contributed by atoms with Crippen LogP contribution < -0.4 is 11.1 Å². The van der Waals surface area contributed by atoms with E-state index in [1.165, 1.54) is 0 Å². The molecule has 21 heavy (non-hydrogen) atoms. The maximum atomic E-state index is 9.71. The molecule has 0 radical (unpaired) electrons. The molecule has 0 saturated carbocycles. The number of hydrogen-bond donors (Lipinski definition) is 3. The molecule has 1 aliphatic rings. The van der Waals surface area contributed by atoms with Crippen molar-refractivity contribution in [3.63, 3.8) is 0 Å². The Bertz CT molecular complexity index is 580. The predicted octanol–water partition coefficient (Wildman–Crippen LogP) is 3.98. The first-order chi connectivity index (χ1) is 9.75. The molecule has 2 aromatic carbocycles. The van der Waals surface area contributed by atoms with Gasteiger partial charge in [0.05, 0.1) is 0 Å². The Labute approximate surface area is 135 Å². The van der Waals surface area contributed by atoms with Crippen LogP contribution in [0.1, 0.15) is 0 Å². The van der Waals surface area contributed by atoms with Gasteiger partial charge in [0.25, 0.3) is 0 Å². The fraction of sp³-hybridized carbons (Fsp3) is 0. The second kappa shape index (κ2) is 8.80. The maximum Gasteiger partial charge on any atom is 0.196 e. The topological polar surface area (TPSA) is 58.3 Å². The molecule has 0 unspecified atom stereocenters. The molecule has 0 aliphatic heterocycles. The third kappa shape index (κ3) is 5.69. The van der Waals surface area contributed by atoms with E-state index in [4.69, 9.17) is 5.73 Å². The third-order valence-electron chi connectivity index (χ3n) is 2.67.